The minimum absolute atomic E-state index is 0.00957. The molecule has 19 heavy (non-hydrogen) atoms. The third-order valence-electron chi connectivity index (χ3n) is 3.40. The first-order valence-electron chi connectivity index (χ1n) is 6.19. The number of nitrogens with zero attached hydrogens (tertiary/aromatic N) is 1. The molecule has 0 aliphatic heterocycles. The van der Waals surface area contributed by atoms with Crippen LogP contribution < -0.4 is 5.32 Å². The lowest BCUT2D eigenvalue weighted by molar-refractivity contribution is -0.385. The Morgan fingerprint density at radius 3 is 2.74 bits per heavy atom. The van der Waals surface area contributed by atoms with Gasteiger partial charge in [-0.15, -0.1) is 11.6 Å². The third kappa shape index (κ3) is 3.04. The average Bonchev–Trinajstić information content (AvgIpc) is 2.74. The zero-order chi connectivity index (χ0) is 14.0. The van der Waals surface area contributed by atoms with Gasteiger partial charge in [0.05, 0.1) is 10.3 Å². The Hall–Kier alpha value is -1.62. The van der Waals surface area contributed by atoms with Crippen LogP contribution >= 0.6 is 11.6 Å². The van der Waals surface area contributed by atoms with Crippen molar-refractivity contribution in [3.05, 3.63) is 39.4 Å². The summed E-state index contributed by atoms with van der Waals surface area (Å²) in [7, 11) is 0. The van der Waals surface area contributed by atoms with Crippen molar-refractivity contribution in [3.8, 4) is 0 Å². The lowest BCUT2D eigenvalue weighted by Crippen LogP contribution is -2.37. The average molecular weight is 283 g/mol. The lowest BCUT2D eigenvalue weighted by atomic mass is 10.1. The van der Waals surface area contributed by atoms with Crippen LogP contribution in [-0.4, -0.2) is 22.2 Å². The van der Waals surface area contributed by atoms with Crippen molar-refractivity contribution in [1.82, 2.24) is 5.32 Å². The van der Waals surface area contributed by atoms with Crippen LogP contribution in [0.15, 0.2) is 18.2 Å². The molecule has 2 atom stereocenters. The molecule has 5 nitrogen and oxygen atoms in total. The van der Waals surface area contributed by atoms with E-state index in [1.807, 2.05) is 0 Å². The number of amides is 1. The topological polar surface area (TPSA) is 72.2 Å². The predicted molar refractivity (Wildman–Crippen MR) is 72.6 cm³/mol. The minimum Gasteiger partial charge on any atom is -0.348 e. The Morgan fingerprint density at radius 1 is 1.47 bits per heavy atom. The van der Waals surface area contributed by atoms with Gasteiger partial charge in [-0.1, -0.05) is 0 Å². The molecule has 1 amide bonds. The SMILES string of the molecule is Cc1cc(C(=O)NC2CCCC2Cl)ccc1[N+](=O)[O-]. The van der Waals surface area contributed by atoms with Gasteiger partial charge in [0, 0.05) is 23.2 Å². The zero-order valence-corrected chi connectivity index (χ0v) is 11.3. The highest BCUT2D eigenvalue weighted by molar-refractivity contribution is 6.21. The fourth-order valence-electron chi connectivity index (χ4n) is 2.33. The number of hydrogen-bond donors (Lipinski definition) is 1. The normalized spacial score (nSPS) is 22.2. The van der Waals surface area contributed by atoms with E-state index in [4.69, 9.17) is 11.6 Å². The molecule has 0 heterocycles. The van der Waals surface area contributed by atoms with Gasteiger partial charge in [0.1, 0.15) is 0 Å². The molecular formula is C13H15ClN2O3. The van der Waals surface area contributed by atoms with E-state index in [1.165, 1.54) is 18.2 Å². The maximum absolute atomic E-state index is 12.0. The molecule has 1 N–H and O–H groups in total. The summed E-state index contributed by atoms with van der Waals surface area (Å²) in [4.78, 5) is 22.3. The highest BCUT2D eigenvalue weighted by Crippen LogP contribution is 2.25. The van der Waals surface area contributed by atoms with Crippen molar-refractivity contribution in [1.29, 1.82) is 0 Å². The zero-order valence-electron chi connectivity index (χ0n) is 10.6. The van der Waals surface area contributed by atoms with Crippen molar-refractivity contribution in [2.75, 3.05) is 0 Å². The van der Waals surface area contributed by atoms with Crippen molar-refractivity contribution >= 4 is 23.2 Å². The first kappa shape index (κ1) is 13.8. The Morgan fingerprint density at radius 2 is 2.21 bits per heavy atom. The molecule has 1 aromatic rings. The molecule has 1 aromatic carbocycles. The van der Waals surface area contributed by atoms with E-state index in [0.29, 0.717) is 11.1 Å². The standard InChI is InChI=1S/C13H15ClN2O3/c1-8-7-9(5-6-12(8)16(18)19)13(17)15-11-4-2-3-10(11)14/h5-7,10-11H,2-4H2,1H3,(H,15,17). The quantitative estimate of drug-likeness (QED) is 0.526. The fraction of sp³-hybridized carbons (Fsp3) is 0.462. The predicted octanol–water partition coefficient (Wildman–Crippen LogP) is 2.79. The molecular weight excluding hydrogens is 268 g/mol. The van der Waals surface area contributed by atoms with E-state index in [9.17, 15) is 14.9 Å². The molecule has 0 bridgehead atoms. The summed E-state index contributed by atoms with van der Waals surface area (Å²) in [6.07, 6.45) is 2.80. The van der Waals surface area contributed by atoms with Gasteiger partial charge in [-0.3, -0.25) is 14.9 Å². The van der Waals surface area contributed by atoms with Crippen LogP contribution in [0, 0.1) is 17.0 Å². The summed E-state index contributed by atoms with van der Waals surface area (Å²) >= 11 is 6.10. The van der Waals surface area contributed by atoms with E-state index < -0.39 is 4.92 Å². The first-order valence-corrected chi connectivity index (χ1v) is 6.62. The van der Waals surface area contributed by atoms with Crippen LogP contribution in [0.5, 0.6) is 0 Å². The van der Waals surface area contributed by atoms with E-state index in [2.05, 4.69) is 5.32 Å². The number of hydrogen-bond acceptors (Lipinski definition) is 3. The van der Waals surface area contributed by atoms with E-state index in [1.54, 1.807) is 6.92 Å². The summed E-state index contributed by atoms with van der Waals surface area (Å²) in [5.74, 6) is -0.226. The van der Waals surface area contributed by atoms with Crippen molar-refractivity contribution in [2.24, 2.45) is 0 Å². The molecule has 102 valence electrons. The number of nitro benzene ring substituents is 1. The van der Waals surface area contributed by atoms with E-state index in [-0.39, 0.29) is 23.0 Å². The first-order chi connectivity index (χ1) is 8.99. The molecule has 0 saturated heterocycles. The van der Waals surface area contributed by atoms with Gasteiger partial charge in [-0.25, -0.2) is 0 Å². The lowest BCUT2D eigenvalue weighted by Gasteiger charge is -2.15. The summed E-state index contributed by atoms with van der Waals surface area (Å²) in [6, 6.07) is 4.35. The summed E-state index contributed by atoms with van der Waals surface area (Å²) in [6.45, 7) is 1.62. The van der Waals surface area contributed by atoms with Crippen LogP contribution in [0.4, 0.5) is 5.69 Å². The van der Waals surface area contributed by atoms with E-state index >= 15 is 0 Å². The van der Waals surface area contributed by atoms with Gasteiger partial charge < -0.3 is 5.32 Å². The Bertz CT molecular complexity index is 519. The second-order valence-electron chi connectivity index (χ2n) is 4.79. The molecule has 6 heteroatoms. The highest BCUT2D eigenvalue weighted by atomic mass is 35.5. The smallest absolute Gasteiger partial charge is 0.272 e. The third-order valence-corrected chi connectivity index (χ3v) is 3.93. The fourth-order valence-corrected chi connectivity index (χ4v) is 2.67. The maximum Gasteiger partial charge on any atom is 0.272 e. The van der Waals surface area contributed by atoms with Crippen LogP contribution in [0.3, 0.4) is 0 Å². The largest absolute Gasteiger partial charge is 0.348 e. The molecule has 1 aliphatic carbocycles. The minimum atomic E-state index is -0.456. The molecule has 0 aromatic heterocycles. The number of halogens is 1. The summed E-state index contributed by atoms with van der Waals surface area (Å²) < 4.78 is 0. The Labute approximate surface area is 116 Å². The maximum atomic E-state index is 12.0. The van der Waals surface area contributed by atoms with Gasteiger partial charge in [-0.2, -0.15) is 0 Å². The molecule has 2 unspecified atom stereocenters. The molecule has 0 spiro atoms. The van der Waals surface area contributed by atoms with Gasteiger partial charge in [-0.05, 0) is 38.3 Å². The van der Waals surface area contributed by atoms with Crippen LogP contribution in [0.25, 0.3) is 0 Å². The molecule has 1 saturated carbocycles. The van der Waals surface area contributed by atoms with Crippen LogP contribution in [-0.2, 0) is 0 Å². The number of carbonyl (C=O) groups is 1. The summed E-state index contributed by atoms with van der Waals surface area (Å²) in [5, 5.41) is 13.6. The molecule has 1 fully saturated rings. The van der Waals surface area contributed by atoms with Crippen LogP contribution in [0.1, 0.15) is 35.2 Å². The number of nitro groups is 1. The number of benzene rings is 1. The monoisotopic (exact) mass is 282 g/mol. The van der Waals surface area contributed by atoms with E-state index in [0.717, 1.165) is 19.3 Å². The number of carbonyl (C=O) groups excluding carboxylic acids is 1. The van der Waals surface area contributed by atoms with Gasteiger partial charge in [0.2, 0.25) is 0 Å². The second kappa shape index (κ2) is 5.57. The van der Waals surface area contributed by atoms with Crippen molar-refractivity contribution in [2.45, 2.75) is 37.6 Å². The van der Waals surface area contributed by atoms with Crippen LogP contribution in [0.2, 0.25) is 0 Å². The highest BCUT2D eigenvalue weighted by Gasteiger charge is 2.27. The Balaban J connectivity index is 2.11. The number of alkyl halides is 1. The number of nitrogens with one attached hydrogen (secondary N) is 1. The Kier molecular flexibility index (Phi) is 4.04. The molecule has 1 aliphatic rings. The molecule has 0 radical (unpaired) electrons. The number of rotatable bonds is 3. The summed E-state index contributed by atoms with van der Waals surface area (Å²) in [5.41, 5.74) is 0.929. The molecule has 2 rings (SSSR count). The van der Waals surface area contributed by atoms with Gasteiger partial charge >= 0.3 is 0 Å². The van der Waals surface area contributed by atoms with Crippen molar-refractivity contribution in [3.63, 3.8) is 0 Å². The number of aryl methyl sites for hydroxylation is 1. The van der Waals surface area contributed by atoms with Gasteiger partial charge in [0.15, 0.2) is 0 Å². The van der Waals surface area contributed by atoms with Gasteiger partial charge in [0.25, 0.3) is 11.6 Å². The second-order valence-corrected chi connectivity index (χ2v) is 5.35. The van der Waals surface area contributed by atoms with Crippen molar-refractivity contribution < 1.29 is 9.72 Å².